The zero-order chi connectivity index (χ0) is 14.0. The third kappa shape index (κ3) is 2.24. The summed E-state index contributed by atoms with van der Waals surface area (Å²) in [5.74, 6) is 0.731. The van der Waals surface area contributed by atoms with Gasteiger partial charge in [0, 0.05) is 25.3 Å². The molecule has 0 N–H and O–H groups in total. The number of methoxy groups -OCH3 is 1. The molecule has 2 aliphatic rings. The van der Waals surface area contributed by atoms with E-state index in [0.717, 1.165) is 45.4 Å². The highest BCUT2D eigenvalue weighted by molar-refractivity contribution is 5.91. The van der Waals surface area contributed by atoms with Crippen molar-refractivity contribution in [2.45, 2.75) is 31.2 Å². The summed E-state index contributed by atoms with van der Waals surface area (Å²) in [6.07, 6.45) is 6.99. The van der Waals surface area contributed by atoms with Crippen molar-refractivity contribution >= 4 is 5.91 Å². The van der Waals surface area contributed by atoms with Crippen LogP contribution < -0.4 is 4.74 Å². The van der Waals surface area contributed by atoms with Crippen LogP contribution in [0.4, 0.5) is 0 Å². The van der Waals surface area contributed by atoms with E-state index in [1.807, 2.05) is 4.90 Å². The Balaban J connectivity index is 1.81. The summed E-state index contributed by atoms with van der Waals surface area (Å²) in [5.41, 5.74) is -0.0430. The van der Waals surface area contributed by atoms with Crippen molar-refractivity contribution in [2.75, 3.05) is 26.9 Å². The lowest BCUT2D eigenvalue weighted by Crippen LogP contribution is -2.51. The molecular weight excluding hydrogens is 258 g/mol. The van der Waals surface area contributed by atoms with Crippen LogP contribution >= 0.6 is 0 Å². The number of aromatic nitrogens is 2. The lowest BCUT2D eigenvalue weighted by Gasteiger charge is -2.41. The number of amides is 1. The smallest absolute Gasteiger partial charge is 0.292 e. The minimum Gasteiger partial charge on any atom is -0.494 e. The van der Waals surface area contributed by atoms with Gasteiger partial charge in [0.25, 0.3) is 5.91 Å². The fraction of sp³-hybridized carbons (Fsp3) is 0.643. The molecule has 2 aliphatic heterocycles. The molecule has 1 amide bonds. The summed E-state index contributed by atoms with van der Waals surface area (Å²) in [5, 5.41) is 0. The third-order valence-electron chi connectivity index (χ3n) is 4.32. The van der Waals surface area contributed by atoms with Crippen LogP contribution in [0.15, 0.2) is 12.4 Å². The fourth-order valence-electron chi connectivity index (χ4n) is 3.18. The molecule has 3 rings (SSSR count). The van der Waals surface area contributed by atoms with Crippen LogP contribution in [-0.4, -0.2) is 53.2 Å². The van der Waals surface area contributed by atoms with E-state index in [9.17, 15) is 4.79 Å². The summed E-state index contributed by atoms with van der Waals surface area (Å²) < 4.78 is 10.5. The molecule has 0 radical (unpaired) electrons. The highest BCUT2D eigenvalue weighted by Gasteiger charge is 2.45. The number of likely N-dealkylation sites (tertiary alicyclic amines) is 1. The van der Waals surface area contributed by atoms with E-state index in [-0.39, 0.29) is 17.3 Å². The minimum atomic E-state index is -0.0768. The predicted octanol–water partition coefficient (Wildman–Crippen LogP) is 1.27. The van der Waals surface area contributed by atoms with Crippen LogP contribution in [0.5, 0.6) is 5.75 Å². The normalized spacial score (nSPS) is 21.1. The second kappa shape index (κ2) is 5.36. The van der Waals surface area contributed by atoms with E-state index >= 15 is 0 Å². The fourth-order valence-corrected chi connectivity index (χ4v) is 3.18. The van der Waals surface area contributed by atoms with Crippen LogP contribution in [-0.2, 0) is 4.74 Å². The van der Waals surface area contributed by atoms with E-state index in [0.29, 0.717) is 5.75 Å². The molecule has 0 aliphatic carbocycles. The quantitative estimate of drug-likeness (QED) is 0.814. The second-order valence-electron chi connectivity index (χ2n) is 5.34. The molecule has 0 atom stereocenters. The Morgan fingerprint density at radius 2 is 2.00 bits per heavy atom. The van der Waals surface area contributed by atoms with E-state index < -0.39 is 0 Å². The maximum Gasteiger partial charge on any atom is 0.292 e. The number of ether oxygens (including phenoxy) is 2. The van der Waals surface area contributed by atoms with E-state index in [2.05, 4.69) is 9.97 Å². The van der Waals surface area contributed by atoms with Gasteiger partial charge in [-0.1, -0.05) is 0 Å². The molecule has 0 aromatic carbocycles. The van der Waals surface area contributed by atoms with E-state index in [4.69, 9.17) is 9.47 Å². The Morgan fingerprint density at radius 3 is 2.65 bits per heavy atom. The first-order valence-corrected chi connectivity index (χ1v) is 7.01. The van der Waals surface area contributed by atoms with Gasteiger partial charge in [-0.05, 0) is 25.7 Å². The summed E-state index contributed by atoms with van der Waals surface area (Å²) in [7, 11) is 1.55. The second-order valence-corrected chi connectivity index (χ2v) is 5.34. The van der Waals surface area contributed by atoms with Gasteiger partial charge in [0.05, 0.1) is 19.5 Å². The van der Waals surface area contributed by atoms with Gasteiger partial charge in [-0.2, -0.15) is 0 Å². The van der Waals surface area contributed by atoms with Gasteiger partial charge in [0.1, 0.15) is 0 Å². The molecule has 0 unspecified atom stereocenters. The molecule has 0 bridgehead atoms. The summed E-state index contributed by atoms with van der Waals surface area (Å²) in [4.78, 5) is 22.8. The van der Waals surface area contributed by atoms with Gasteiger partial charge in [-0.25, -0.2) is 9.97 Å². The van der Waals surface area contributed by atoms with Crippen LogP contribution in [0, 0.1) is 0 Å². The van der Waals surface area contributed by atoms with Gasteiger partial charge in [-0.3, -0.25) is 4.79 Å². The maximum atomic E-state index is 12.6. The highest BCUT2D eigenvalue weighted by atomic mass is 16.5. The van der Waals surface area contributed by atoms with E-state index in [1.165, 1.54) is 12.4 Å². The minimum absolute atomic E-state index is 0.0430. The number of hydrogen-bond acceptors (Lipinski definition) is 5. The SMILES string of the molecule is COc1cnc(C(=O)N2CCCC23CCOCC3)nc1. The summed E-state index contributed by atoms with van der Waals surface area (Å²) in [6, 6.07) is 0. The maximum absolute atomic E-state index is 12.6. The summed E-state index contributed by atoms with van der Waals surface area (Å²) in [6.45, 7) is 2.24. The number of rotatable bonds is 2. The molecule has 1 aromatic heterocycles. The molecule has 20 heavy (non-hydrogen) atoms. The van der Waals surface area contributed by atoms with Crippen LogP contribution in [0.3, 0.4) is 0 Å². The number of nitrogens with zero attached hydrogens (tertiary/aromatic N) is 3. The first-order valence-electron chi connectivity index (χ1n) is 7.01. The zero-order valence-electron chi connectivity index (χ0n) is 11.7. The van der Waals surface area contributed by atoms with Crippen molar-refractivity contribution in [2.24, 2.45) is 0 Å². The van der Waals surface area contributed by atoms with Crippen LogP contribution in [0.25, 0.3) is 0 Å². The molecule has 2 saturated heterocycles. The highest BCUT2D eigenvalue weighted by Crippen LogP contribution is 2.38. The molecular formula is C14H19N3O3. The van der Waals surface area contributed by atoms with Crippen molar-refractivity contribution in [1.82, 2.24) is 14.9 Å². The zero-order valence-corrected chi connectivity index (χ0v) is 11.7. The molecule has 2 fully saturated rings. The van der Waals surface area contributed by atoms with Crippen molar-refractivity contribution in [3.63, 3.8) is 0 Å². The molecule has 6 nitrogen and oxygen atoms in total. The molecule has 0 saturated carbocycles. The monoisotopic (exact) mass is 277 g/mol. The average Bonchev–Trinajstić information content (AvgIpc) is 2.90. The first-order chi connectivity index (χ1) is 9.75. The van der Waals surface area contributed by atoms with E-state index in [1.54, 1.807) is 7.11 Å². The standard InChI is InChI=1S/C14H19N3O3/c1-19-11-9-15-12(16-10-11)13(18)17-6-2-3-14(17)4-7-20-8-5-14/h9-10H,2-8H2,1H3. The van der Waals surface area contributed by atoms with Crippen molar-refractivity contribution < 1.29 is 14.3 Å². The topological polar surface area (TPSA) is 64.5 Å². The van der Waals surface area contributed by atoms with Gasteiger partial charge < -0.3 is 14.4 Å². The van der Waals surface area contributed by atoms with Crippen LogP contribution in [0.2, 0.25) is 0 Å². The van der Waals surface area contributed by atoms with Gasteiger partial charge in [-0.15, -0.1) is 0 Å². The van der Waals surface area contributed by atoms with Crippen molar-refractivity contribution in [3.05, 3.63) is 18.2 Å². The van der Waals surface area contributed by atoms with Gasteiger partial charge in [0.15, 0.2) is 5.75 Å². The average molecular weight is 277 g/mol. The Bertz CT molecular complexity index is 483. The molecule has 1 aromatic rings. The molecule has 1 spiro atoms. The largest absolute Gasteiger partial charge is 0.494 e. The van der Waals surface area contributed by atoms with Gasteiger partial charge >= 0.3 is 0 Å². The Hall–Kier alpha value is -1.69. The lowest BCUT2D eigenvalue weighted by molar-refractivity contribution is -0.00363. The summed E-state index contributed by atoms with van der Waals surface area (Å²) >= 11 is 0. The predicted molar refractivity (Wildman–Crippen MR) is 71.6 cm³/mol. The van der Waals surface area contributed by atoms with Crippen molar-refractivity contribution in [1.29, 1.82) is 0 Å². The lowest BCUT2D eigenvalue weighted by atomic mass is 9.87. The number of carbonyl (C=O) groups excluding carboxylic acids is 1. The Morgan fingerprint density at radius 1 is 1.30 bits per heavy atom. The molecule has 108 valence electrons. The third-order valence-corrected chi connectivity index (χ3v) is 4.32. The van der Waals surface area contributed by atoms with Crippen molar-refractivity contribution in [3.8, 4) is 5.75 Å². The Labute approximate surface area is 118 Å². The first kappa shape index (κ1) is 13.3. The van der Waals surface area contributed by atoms with Crippen LogP contribution in [0.1, 0.15) is 36.3 Å². The number of hydrogen-bond donors (Lipinski definition) is 0. The van der Waals surface area contributed by atoms with Gasteiger partial charge in [0.2, 0.25) is 5.82 Å². The molecule has 6 heteroatoms. The molecule has 3 heterocycles. The number of carbonyl (C=O) groups is 1. The Kier molecular flexibility index (Phi) is 3.56.